The summed E-state index contributed by atoms with van der Waals surface area (Å²) in [6, 6.07) is 7.78. The Morgan fingerprint density at radius 1 is 1.07 bits per heavy atom. The number of fused-ring (bicyclic) bond motifs is 1. The zero-order valence-corrected chi connectivity index (χ0v) is 16.3. The zero-order chi connectivity index (χ0) is 21.4. The van der Waals surface area contributed by atoms with Gasteiger partial charge in [-0.1, -0.05) is 32.9 Å². The van der Waals surface area contributed by atoms with E-state index in [1.54, 1.807) is 0 Å². The van der Waals surface area contributed by atoms with E-state index >= 15 is 0 Å². The third kappa shape index (κ3) is 5.13. The fourth-order valence-corrected chi connectivity index (χ4v) is 3.00. The molecule has 0 fully saturated rings. The number of alkyl halides is 3. The number of nitrogens with zero attached hydrogens (tertiary/aromatic N) is 2. The molecule has 4 nitrogen and oxygen atoms in total. The van der Waals surface area contributed by atoms with Gasteiger partial charge in [-0.05, 0) is 41.7 Å². The maximum atomic E-state index is 13.1. The number of benzene rings is 1. The van der Waals surface area contributed by atoms with Crippen molar-refractivity contribution in [2.45, 2.75) is 39.8 Å². The Kier molecular flexibility index (Phi) is 5.38. The molecule has 0 saturated carbocycles. The first kappa shape index (κ1) is 20.8. The number of anilines is 1. The molecule has 0 aliphatic rings. The molecule has 1 aromatic carbocycles. The number of nitrogens with one attached hydrogen (secondary N) is 1. The molecule has 8 heteroatoms. The minimum Gasteiger partial charge on any atom is -0.309 e. The summed E-state index contributed by atoms with van der Waals surface area (Å²) in [6.07, 6.45) is -3.08. The van der Waals surface area contributed by atoms with Crippen LogP contribution in [0.2, 0.25) is 0 Å². The average Bonchev–Trinajstić information content (AvgIpc) is 2.91. The molecule has 3 aromatic rings. The van der Waals surface area contributed by atoms with E-state index in [1.807, 2.05) is 20.8 Å². The van der Waals surface area contributed by atoms with Gasteiger partial charge in [0.25, 0.3) is 0 Å². The summed E-state index contributed by atoms with van der Waals surface area (Å²) < 4.78 is 53.8. The van der Waals surface area contributed by atoms with Gasteiger partial charge in [0, 0.05) is 6.20 Å². The highest BCUT2D eigenvalue weighted by Gasteiger charge is 2.31. The average molecular weight is 407 g/mol. The van der Waals surface area contributed by atoms with Crippen LogP contribution in [0.25, 0.3) is 5.65 Å². The minimum atomic E-state index is -4.48. The van der Waals surface area contributed by atoms with Crippen molar-refractivity contribution in [3.8, 4) is 0 Å². The molecule has 0 atom stereocenters. The van der Waals surface area contributed by atoms with Crippen molar-refractivity contribution in [2.75, 3.05) is 5.32 Å². The molecule has 1 N–H and O–H groups in total. The summed E-state index contributed by atoms with van der Waals surface area (Å²) in [7, 11) is 0. The number of imidazole rings is 1. The molecule has 0 saturated heterocycles. The standard InChI is InChI=1S/C21H21F4N3O/c1-20(2,3)11-16-19(27-18(29)10-13-4-7-15(22)8-5-13)26-17-9-6-14(12-28(16)17)21(23,24)25/h4-9,12H,10-11H2,1-3H3,(H,27,29). The van der Waals surface area contributed by atoms with Crippen molar-refractivity contribution in [1.29, 1.82) is 0 Å². The number of hydrogen-bond acceptors (Lipinski definition) is 2. The lowest BCUT2D eigenvalue weighted by Gasteiger charge is -2.19. The van der Waals surface area contributed by atoms with Gasteiger partial charge in [0.15, 0.2) is 5.82 Å². The van der Waals surface area contributed by atoms with Crippen LogP contribution in [0.1, 0.15) is 37.6 Å². The second-order valence-corrected chi connectivity index (χ2v) is 8.14. The first-order chi connectivity index (χ1) is 13.4. The Hall–Kier alpha value is -2.90. The normalized spacial score (nSPS) is 12.4. The number of rotatable bonds is 4. The summed E-state index contributed by atoms with van der Waals surface area (Å²) >= 11 is 0. The van der Waals surface area contributed by atoms with Crippen molar-refractivity contribution >= 4 is 17.4 Å². The van der Waals surface area contributed by atoms with Crippen molar-refractivity contribution in [3.63, 3.8) is 0 Å². The van der Waals surface area contributed by atoms with E-state index < -0.39 is 17.6 Å². The monoisotopic (exact) mass is 407 g/mol. The fourth-order valence-electron chi connectivity index (χ4n) is 3.00. The van der Waals surface area contributed by atoms with Gasteiger partial charge >= 0.3 is 6.18 Å². The molecule has 0 unspecified atom stereocenters. The number of aromatic nitrogens is 2. The van der Waals surface area contributed by atoms with Gasteiger partial charge in [-0.25, -0.2) is 9.37 Å². The Morgan fingerprint density at radius 3 is 2.31 bits per heavy atom. The molecular formula is C21H21F4N3O. The van der Waals surface area contributed by atoms with Crippen molar-refractivity contribution < 1.29 is 22.4 Å². The Balaban J connectivity index is 1.96. The van der Waals surface area contributed by atoms with Crippen LogP contribution >= 0.6 is 0 Å². The van der Waals surface area contributed by atoms with Gasteiger partial charge in [0.05, 0.1) is 17.7 Å². The molecule has 0 bridgehead atoms. The highest BCUT2D eigenvalue weighted by atomic mass is 19.4. The van der Waals surface area contributed by atoms with Crippen molar-refractivity contribution in [3.05, 3.63) is 65.2 Å². The summed E-state index contributed by atoms with van der Waals surface area (Å²) in [6.45, 7) is 5.85. The van der Waals surface area contributed by atoms with Gasteiger partial charge in [0.1, 0.15) is 11.5 Å². The maximum Gasteiger partial charge on any atom is 0.417 e. The summed E-state index contributed by atoms with van der Waals surface area (Å²) in [5.41, 5.74) is 0.382. The molecule has 3 rings (SSSR count). The molecule has 0 aliphatic heterocycles. The number of amides is 1. The number of carbonyl (C=O) groups is 1. The van der Waals surface area contributed by atoms with E-state index in [0.717, 1.165) is 12.3 Å². The lowest BCUT2D eigenvalue weighted by atomic mass is 9.90. The van der Waals surface area contributed by atoms with E-state index in [-0.39, 0.29) is 23.6 Å². The van der Waals surface area contributed by atoms with Crippen LogP contribution in [0.3, 0.4) is 0 Å². The SMILES string of the molecule is CC(C)(C)Cc1c(NC(=O)Cc2ccc(F)cc2)nc2ccc(C(F)(F)F)cn12. The molecule has 1 amide bonds. The molecule has 0 aliphatic carbocycles. The largest absolute Gasteiger partial charge is 0.417 e. The van der Waals surface area contributed by atoms with Gasteiger partial charge in [-0.3, -0.25) is 4.79 Å². The Bertz CT molecular complexity index is 1030. The highest BCUT2D eigenvalue weighted by Crippen LogP contribution is 2.32. The second kappa shape index (κ2) is 7.50. The molecule has 154 valence electrons. The molecule has 29 heavy (non-hydrogen) atoms. The zero-order valence-electron chi connectivity index (χ0n) is 16.3. The van der Waals surface area contributed by atoms with Gasteiger partial charge in [0.2, 0.25) is 5.91 Å². The summed E-state index contributed by atoms with van der Waals surface area (Å²) in [5.74, 6) is -0.556. The number of carbonyl (C=O) groups excluding carboxylic acids is 1. The molecule has 0 radical (unpaired) electrons. The van der Waals surface area contributed by atoms with Crippen LogP contribution in [-0.2, 0) is 23.8 Å². The topological polar surface area (TPSA) is 46.4 Å². The van der Waals surface area contributed by atoms with Crippen LogP contribution in [0, 0.1) is 11.2 Å². The third-order valence-corrected chi connectivity index (χ3v) is 4.28. The van der Waals surface area contributed by atoms with E-state index in [4.69, 9.17) is 0 Å². The Morgan fingerprint density at radius 2 is 1.72 bits per heavy atom. The maximum absolute atomic E-state index is 13.1. The Labute approximate surface area is 165 Å². The number of pyridine rings is 1. The van der Waals surface area contributed by atoms with E-state index in [0.29, 0.717) is 23.3 Å². The summed E-state index contributed by atoms with van der Waals surface area (Å²) in [4.78, 5) is 16.8. The number of halogens is 4. The van der Waals surface area contributed by atoms with Gasteiger partial charge in [-0.15, -0.1) is 0 Å². The minimum absolute atomic E-state index is 0.00306. The quantitative estimate of drug-likeness (QED) is 0.600. The molecule has 2 aromatic heterocycles. The first-order valence-corrected chi connectivity index (χ1v) is 9.05. The van der Waals surface area contributed by atoms with Crippen LogP contribution in [0.4, 0.5) is 23.4 Å². The summed E-state index contributed by atoms with van der Waals surface area (Å²) in [5, 5.41) is 2.70. The van der Waals surface area contributed by atoms with Crippen molar-refractivity contribution in [2.24, 2.45) is 5.41 Å². The van der Waals surface area contributed by atoms with Crippen molar-refractivity contribution in [1.82, 2.24) is 9.38 Å². The van der Waals surface area contributed by atoms with Crippen LogP contribution in [0.15, 0.2) is 42.6 Å². The first-order valence-electron chi connectivity index (χ1n) is 9.05. The van der Waals surface area contributed by atoms with Crippen LogP contribution in [-0.4, -0.2) is 15.3 Å². The van der Waals surface area contributed by atoms with E-state index in [9.17, 15) is 22.4 Å². The molecule has 2 heterocycles. The van der Waals surface area contributed by atoms with Gasteiger partial charge in [-0.2, -0.15) is 13.2 Å². The van der Waals surface area contributed by atoms with E-state index in [1.165, 1.54) is 34.7 Å². The van der Waals surface area contributed by atoms with Crippen LogP contribution < -0.4 is 5.32 Å². The second-order valence-electron chi connectivity index (χ2n) is 8.14. The predicted octanol–water partition coefficient (Wildman–Crippen LogP) is 5.26. The molecule has 0 spiro atoms. The van der Waals surface area contributed by atoms with Gasteiger partial charge < -0.3 is 9.72 Å². The molecular weight excluding hydrogens is 386 g/mol. The predicted molar refractivity (Wildman–Crippen MR) is 102 cm³/mol. The lowest BCUT2D eigenvalue weighted by molar-refractivity contribution is -0.137. The fraction of sp³-hybridized carbons (Fsp3) is 0.333. The highest BCUT2D eigenvalue weighted by molar-refractivity contribution is 5.92. The van der Waals surface area contributed by atoms with Crippen LogP contribution in [0.5, 0.6) is 0 Å². The third-order valence-electron chi connectivity index (χ3n) is 4.28. The number of hydrogen-bond donors (Lipinski definition) is 1. The lowest BCUT2D eigenvalue weighted by Crippen LogP contribution is -2.18. The van der Waals surface area contributed by atoms with E-state index in [2.05, 4.69) is 10.3 Å². The smallest absolute Gasteiger partial charge is 0.309 e.